The molecule has 0 aliphatic carbocycles. The maximum Gasteiger partial charge on any atom is 0.325 e. The van der Waals surface area contributed by atoms with Gasteiger partial charge in [-0.25, -0.2) is 4.79 Å². The summed E-state index contributed by atoms with van der Waals surface area (Å²) in [5.41, 5.74) is 0.346. The smallest absolute Gasteiger partial charge is 0.325 e. The van der Waals surface area contributed by atoms with Crippen molar-refractivity contribution in [2.75, 3.05) is 13.2 Å². The molecule has 1 atom stereocenters. The van der Waals surface area contributed by atoms with Crippen LogP contribution in [0.15, 0.2) is 35.7 Å². The van der Waals surface area contributed by atoms with E-state index in [1.165, 1.54) is 11.3 Å². The quantitative estimate of drug-likeness (QED) is 0.674. The predicted octanol–water partition coefficient (Wildman–Crippen LogP) is 2.33. The molecular weight excluding hydrogens is 340 g/mol. The number of carbonyl (C=O) groups is 3. The van der Waals surface area contributed by atoms with Crippen LogP contribution in [0.2, 0.25) is 0 Å². The lowest BCUT2D eigenvalue weighted by Gasteiger charge is -2.19. The van der Waals surface area contributed by atoms with Crippen molar-refractivity contribution in [1.82, 2.24) is 10.2 Å². The van der Waals surface area contributed by atoms with E-state index < -0.39 is 17.5 Å². The topological polar surface area (TPSA) is 75.7 Å². The number of hydrogen-bond acceptors (Lipinski definition) is 5. The molecule has 1 aromatic heterocycles. The number of nitrogens with one attached hydrogen (secondary N) is 1. The molecule has 1 fully saturated rings. The van der Waals surface area contributed by atoms with Gasteiger partial charge in [0.25, 0.3) is 5.91 Å². The number of ketones is 1. The van der Waals surface area contributed by atoms with Crippen LogP contribution in [-0.4, -0.2) is 35.8 Å². The van der Waals surface area contributed by atoms with Crippen LogP contribution < -0.4 is 10.1 Å². The summed E-state index contributed by atoms with van der Waals surface area (Å²) in [6, 6.07) is 8.29. The highest BCUT2D eigenvalue weighted by atomic mass is 32.1. The van der Waals surface area contributed by atoms with Crippen LogP contribution in [0.3, 0.4) is 0 Å². The fourth-order valence-electron chi connectivity index (χ4n) is 3.17. The second-order valence-electron chi connectivity index (χ2n) is 6.27. The van der Waals surface area contributed by atoms with Crippen LogP contribution in [0.4, 0.5) is 4.79 Å². The number of benzene rings is 1. The molecule has 1 saturated heterocycles. The minimum atomic E-state index is -1.11. The van der Waals surface area contributed by atoms with E-state index in [4.69, 9.17) is 4.74 Å². The van der Waals surface area contributed by atoms with Crippen molar-refractivity contribution in [3.05, 3.63) is 51.7 Å². The molecule has 1 N–H and O–H groups in total. The molecule has 0 bridgehead atoms. The van der Waals surface area contributed by atoms with Crippen LogP contribution in [0.25, 0.3) is 0 Å². The summed E-state index contributed by atoms with van der Waals surface area (Å²) < 4.78 is 5.43. The van der Waals surface area contributed by atoms with Crippen molar-refractivity contribution >= 4 is 29.1 Å². The van der Waals surface area contributed by atoms with E-state index in [0.717, 1.165) is 27.5 Å². The summed E-state index contributed by atoms with van der Waals surface area (Å²) in [5.74, 6) is 0.114. The molecule has 4 rings (SSSR count). The molecule has 2 aliphatic rings. The highest BCUT2D eigenvalue weighted by Gasteiger charge is 2.50. The number of hydrogen-bond donors (Lipinski definition) is 1. The molecular formula is C18H16N2O4S. The van der Waals surface area contributed by atoms with E-state index in [1.54, 1.807) is 31.2 Å². The van der Waals surface area contributed by atoms with Gasteiger partial charge < -0.3 is 10.1 Å². The van der Waals surface area contributed by atoms with E-state index >= 15 is 0 Å². The molecule has 3 amide bonds. The third-order valence-electron chi connectivity index (χ3n) is 4.60. The van der Waals surface area contributed by atoms with Gasteiger partial charge in [-0.05, 0) is 42.1 Å². The van der Waals surface area contributed by atoms with Gasteiger partial charge >= 0.3 is 6.03 Å². The summed E-state index contributed by atoms with van der Waals surface area (Å²) in [5, 5.41) is 4.55. The van der Waals surface area contributed by atoms with Crippen molar-refractivity contribution in [1.29, 1.82) is 0 Å². The summed E-state index contributed by atoms with van der Waals surface area (Å²) >= 11 is 1.39. The first-order valence-corrected chi connectivity index (χ1v) is 8.84. The standard InChI is InChI=1S/C18H16N2O4S/c1-18(15-3-2-8-25-15)16(22)20(17(23)19-18)10-13(21)11-4-5-14-12(9-11)6-7-24-14/h2-5,8-9H,6-7,10H2,1H3,(H,19,23). The van der Waals surface area contributed by atoms with Crippen LogP contribution in [-0.2, 0) is 16.8 Å². The van der Waals surface area contributed by atoms with Gasteiger partial charge in [-0.2, -0.15) is 0 Å². The number of amides is 3. The largest absolute Gasteiger partial charge is 0.493 e. The molecule has 3 heterocycles. The van der Waals surface area contributed by atoms with Crippen molar-refractivity contribution < 1.29 is 19.1 Å². The van der Waals surface area contributed by atoms with Gasteiger partial charge in [0.2, 0.25) is 0 Å². The number of carbonyl (C=O) groups excluding carboxylic acids is 3. The molecule has 6 nitrogen and oxygen atoms in total. The molecule has 1 unspecified atom stereocenters. The van der Waals surface area contributed by atoms with Crippen molar-refractivity contribution in [3.8, 4) is 5.75 Å². The van der Waals surface area contributed by atoms with Crippen LogP contribution >= 0.6 is 11.3 Å². The zero-order valence-corrected chi connectivity index (χ0v) is 14.4. The Hall–Kier alpha value is -2.67. The summed E-state index contributed by atoms with van der Waals surface area (Å²) in [6.45, 7) is 2.00. The lowest BCUT2D eigenvalue weighted by atomic mass is 10.00. The molecule has 7 heteroatoms. The highest BCUT2D eigenvalue weighted by Crippen LogP contribution is 2.32. The van der Waals surface area contributed by atoms with E-state index in [1.807, 2.05) is 11.4 Å². The Morgan fingerprint density at radius 2 is 2.20 bits per heavy atom. The Morgan fingerprint density at radius 3 is 2.96 bits per heavy atom. The third-order valence-corrected chi connectivity index (χ3v) is 5.69. The number of nitrogens with zero attached hydrogens (tertiary/aromatic N) is 1. The summed E-state index contributed by atoms with van der Waals surface area (Å²) in [4.78, 5) is 39.4. The SMILES string of the molecule is CC1(c2cccs2)NC(=O)N(CC(=O)c2ccc3c(c2)CCO3)C1=O. The van der Waals surface area contributed by atoms with Gasteiger partial charge in [0.15, 0.2) is 11.3 Å². The van der Waals surface area contributed by atoms with Gasteiger partial charge in [-0.15, -0.1) is 11.3 Å². The lowest BCUT2D eigenvalue weighted by molar-refractivity contribution is -0.130. The van der Waals surface area contributed by atoms with Crippen molar-refractivity contribution in [2.24, 2.45) is 0 Å². The zero-order valence-electron chi connectivity index (χ0n) is 13.6. The molecule has 1 aromatic carbocycles. The normalized spacial score (nSPS) is 21.9. The van der Waals surface area contributed by atoms with Crippen LogP contribution in [0, 0.1) is 0 Å². The van der Waals surface area contributed by atoms with Crippen LogP contribution in [0.1, 0.15) is 27.7 Å². The van der Waals surface area contributed by atoms with Gasteiger partial charge in [-0.3, -0.25) is 14.5 Å². The molecule has 0 spiro atoms. The first-order valence-electron chi connectivity index (χ1n) is 7.96. The molecule has 0 radical (unpaired) electrons. The fraction of sp³-hybridized carbons (Fsp3) is 0.278. The number of rotatable bonds is 4. The molecule has 128 valence electrons. The van der Waals surface area contributed by atoms with E-state index in [2.05, 4.69) is 5.32 Å². The van der Waals surface area contributed by atoms with Crippen molar-refractivity contribution in [3.63, 3.8) is 0 Å². The fourth-order valence-corrected chi connectivity index (χ4v) is 4.00. The maximum atomic E-state index is 12.8. The maximum absolute atomic E-state index is 12.8. The monoisotopic (exact) mass is 356 g/mol. The number of ether oxygens (including phenoxy) is 1. The molecule has 0 saturated carbocycles. The number of urea groups is 1. The van der Waals surface area contributed by atoms with Gasteiger partial charge in [0.05, 0.1) is 13.2 Å². The van der Waals surface area contributed by atoms with Crippen LogP contribution in [0.5, 0.6) is 5.75 Å². The van der Waals surface area contributed by atoms with Gasteiger partial charge in [0.1, 0.15) is 5.75 Å². The first kappa shape index (κ1) is 15.8. The Balaban J connectivity index is 1.55. The predicted molar refractivity (Wildman–Crippen MR) is 91.9 cm³/mol. The third kappa shape index (κ3) is 2.51. The van der Waals surface area contributed by atoms with Gasteiger partial charge in [0, 0.05) is 16.9 Å². The Labute approximate surface area is 148 Å². The number of imide groups is 1. The number of fused-ring (bicyclic) bond motifs is 1. The van der Waals surface area contributed by atoms with E-state index in [0.29, 0.717) is 12.2 Å². The first-order chi connectivity index (χ1) is 12.0. The number of thiophene rings is 1. The number of Topliss-reactive ketones (excluding diaryl/α,β-unsaturated/α-hetero) is 1. The second-order valence-corrected chi connectivity index (χ2v) is 7.22. The van der Waals surface area contributed by atoms with Gasteiger partial charge in [-0.1, -0.05) is 6.07 Å². The van der Waals surface area contributed by atoms with E-state index in [-0.39, 0.29) is 12.3 Å². The summed E-state index contributed by atoms with van der Waals surface area (Å²) in [7, 11) is 0. The second kappa shape index (κ2) is 5.70. The minimum Gasteiger partial charge on any atom is -0.493 e. The Kier molecular flexibility index (Phi) is 3.61. The highest BCUT2D eigenvalue weighted by molar-refractivity contribution is 7.10. The Morgan fingerprint density at radius 1 is 1.36 bits per heavy atom. The molecule has 25 heavy (non-hydrogen) atoms. The lowest BCUT2D eigenvalue weighted by Crippen LogP contribution is -2.40. The minimum absolute atomic E-state index is 0.270. The Bertz CT molecular complexity index is 877. The average molecular weight is 356 g/mol. The zero-order chi connectivity index (χ0) is 17.6. The van der Waals surface area contributed by atoms with Crippen molar-refractivity contribution in [2.45, 2.75) is 18.9 Å². The molecule has 2 aromatic rings. The van der Waals surface area contributed by atoms with E-state index in [9.17, 15) is 14.4 Å². The average Bonchev–Trinajstić information content (AvgIpc) is 3.31. The molecule has 2 aliphatic heterocycles. The summed E-state index contributed by atoms with van der Waals surface area (Å²) in [6.07, 6.45) is 0.760.